The number of hydrogen-bond acceptors (Lipinski definition) is 5. The second kappa shape index (κ2) is 5.95. The number of aromatic nitrogens is 2. The van der Waals surface area contributed by atoms with Crippen molar-refractivity contribution in [2.24, 2.45) is 5.41 Å². The summed E-state index contributed by atoms with van der Waals surface area (Å²) in [7, 11) is 1.28. The number of halogens is 1. The van der Waals surface area contributed by atoms with Crippen LogP contribution in [0.5, 0.6) is 0 Å². The Kier molecular flexibility index (Phi) is 4.47. The Morgan fingerprint density at radius 1 is 1.60 bits per heavy atom. The van der Waals surface area contributed by atoms with Crippen molar-refractivity contribution in [3.63, 3.8) is 0 Å². The van der Waals surface area contributed by atoms with E-state index in [1.54, 1.807) is 6.20 Å². The molecule has 0 unspecified atom stereocenters. The molecule has 0 saturated heterocycles. The lowest BCUT2D eigenvalue weighted by atomic mass is 10.0. The van der Waals surface area contributed by atoms with Gasteiger partial charge in [0.2, 0.25) is 0 Å². The Bertz CT molecular complexity index is 566. The second-order valence-electron chi connectivity index (χ2n) is 5.12. The molecule has 1 heterocycles. The molecule has 0 amide bonds. The van der Waals surface area contributed by atoms with Crippen molar-refractivity contribution in [2.45, 2.75) is 32.7 Å². The third-order valence-electron chi connectivity index (χ3n) is 3.85. The number of esters is 1. The van der Waals surface area contributed by atoms with Crippen molar-refractivity contribution in [3.05, 3.63) is 21.0 Å². The van der Waals surface area contributed by atoms with Crippen molar-refractivity contribution in [3.8, 4) is 0 Å². The summed E-state index contributed by atoms with van der Waals surface area (Å²) in [6, 6.07) is 0. The van der Waals surface area contributed by atoms with Gasteiger partial charge in [0, 0.05) is 6.54 Å². The molecule has 1 aliphatic carbocycles. The molecule has 0 atom stereocenters. The van der Waals surface area contributed by atoms with Gasteiger partial charge in [-0.05, 0) is 40.6 Å². The number of anilines is 1. The zero-order chi connectivity index (χ0) is 14.8. The SMILES string of the molecule is CCC1(CNc2cnn(CC(=O)OC)c(=O)c2Br)CC1. The van der Waals surface area contributed by atoms with Crippen LogP contribution in [0.3, 0.4) is 0 Å². The summed E-state index contributed by atoms with van der Waals surface area (Å²) in [5, 5.41) is 7.25. The molecule has 1 aliphatic rings. The van der Waals surface area contributed by atoms with E-state index in [1.165, 1.54) is 20.0 Å². The van der Waals surface area contributed by atoms with E-state index in [9.17, 15) is 9.59 Å². The van der Waals surface area contributed by atoms with Gasteiger partial charge in [-0.15, -0.1) is 0 Å². The minimum Gasteiger partial charge on any atom is -0.468 e. The molecule has 1 fully saturated rings. The van der Waals surface area contributed by atoms with Gasteiger partial charge in [-0.2, -0.15) is 5.10 Å². The third-order valence-corrected chi connectivity index (χ3v) is 4.62. The van der Waals surface area contributed by atoms with E-state index in [4.69, 9.17) is 0 Å². The topological polar surface area (TPSA) is 73.2 Å². The molecule has 0 aromatic carbocycles. The molecule has 0 radical (unpaired) electrons. The van der Waals surface area contributed by atoms with Crippen LogP contribution in [-0.2, 0) is 16.1 Å². The van der Waals surface area contributed by atoms with E-state index in [0.717, 1.165) is 17.6 Å². The third kappa shape index (κ3) is 3.20. The molecule has 20 heavy (non-hydrogen) atoms. The van der Waals surface area contributed by atoms with Gasteiger partial charge >= 0.3 is 5.97 Å². The summed E-state index contributed by atoms with van der Waals surface area (Å²) in [6.07, 6.45) is 5.13. The number of ether oxygens (including phenoxy) is 1. The van der Waals surface area contributed by atoms with Gasteiger partial charge in [0.25, 0.3) is 5.56 Å². The Balaban J connectivity index is 2.10. The van der Waals surface area contributed by atoms with Gasteiger partial charge in [0.1, 0.15) is 11.0 Å². The predicted octanol–water partition coefficient (Wildman–Crippen LogP) is 1.78. The van der Waals surface area contributed by atoms with E-state index in [-0.39, 0.29) is 12.1 Å². The van der Waals surface area contributed by atoms with Crippen molar-refractivity contribution < 1.29 is 9.53 Å². The quantitative estimate of drug-likeness (QED) is 0.797. The molecule has 2 rings (SSSR count). The van der Waals surface area contributed by atoms with Crippen molar-refractivity contribution in [1.29, 1.82) is 0 Å². The molecule has 1 aromatic heterocycles. The lowest BCUT2D eigenvalue weighted by Gasteiger charge is -2.15. The lowest BCUT2D eigenvalue weighted by Crippen LogP contribution is -2.28. The monoisotopic (exact) mass is 343 g/mol. The van der Waals surface area contributed by atoms with Gasteiger partial charge in [-0.3, -0.25) is 9.59 Å². The number of methoxy groups -OCH3 is 1. The first-order valence-electron chi connectivity index (χ1n) is 6.57. The number of nitrogens with one attached hydrogen (secondary N) is 1. The van der Waals surface area contributed by atoms with Crippen LogP contribution < -0.4 is 10.9 Å². The van der Waals surface area contributed by atoms with Crippen molar-refractivity contribution >= 4 is 27.6 Å². The first kappa shape index (κ1) is 15.0. The summed E-state index contributed by atoms with van der Waals surface area (Å²) in [5.74, 6) is -0.505. The Hall–Kier alpha value is -1.37. The molecule has 1 N–H and O–H groups in total. The van der Waals surface area contributed by atoms with E-state index in [0.29, 0.717) is 15.6 Å². The van der Waals surface area contributed by atoms with Crippen molar-refractivity contribution in [2.75, 3.05) is 19.0 Å². The van der Waals surface area contributed by atoms with Gasteiger partial charge in [0.05, 0.1) is 19.0 Å². The molecule has 1 aromatic rings. The fraction of sp³-hybridized carbons (Fsp3) is 0.615. The van der Waals surface area contributed by atoms with Crippen LogP contribution in [0, 0.1) is 5.41 Å². The minimum absolute atomic E-state index is 0.187. The second-order valence-corrected chi connectivity index (χ2v) is 5.91. The van der Waals surface area contributed by atoms with E-state index >= 15 is 0 Å². The maximum Gasteiger partial charge on any atom is 0.327 e. The molecule has 1 saturated carbocycles. The zero-order valence-electron chi connectivity index (χ0n) is 11.6. The van der Waals surface area contributed by atoms with Crippen LogP contribution in [0.4, 0.5) is 5.69 Å². The number of hydrogen-bond donors (Lipinski definition) is 1. The highest BCUT2D eigenvalue weighted by Crippen LogP contribution is 2.48. The summed E-state index contributed by atoms with van der Waals surface area (Å²) in [4.78, 5) is 23.2. The number of carbonyl (C=O) groups is 1. The normalized spacial score (nSPS) is 15.8. The average Bonchev–Trinajstić information content (AvgIpc) is 3.23. The maximum atomic E-state index is 12.1. The highest BCUT2D eigenvalue weighted by Gasteiger charge is 2.40. The molecule has 0 aliphatic heterocycles. The fourth-order valence-electron chi connectivity index (χ4n) is 2.00. The first-order valence-corrected chi connectivity index (χ1v) is 7.37. The predicted molar refractivity (Wildman–Crippen MR) is 78.7 cm³/mol. The molecular weight excluding hydrogens is 326 g/mol. The minimum atomic E-state index is -0.505. The summed E-state index contributed by atoms with van der Waals surface area (Å²) in [6.45, 7) is 2.83. The van der Waals surface area contributed by atoms with Crippen LogP contribution in [0.1, 0.15) is 26.2 Å². The fourth-order valence-corrected chi connectivity index (χ4v) is 2.45. The van der Waals surface area contributed by atoms with Crippen LogP contribution >= 0.6 is 15.9 Å². The summed E-state index contributed by atoms with van der Waals surface area (Å²) < 4.78 is 5.99. The van der Waals surface area contributed by atoms with Gasteiger partial charge in [-0.1, -0.05) is 6.92 Å². The molecule has 0 spiro atoms. The lowest BCUT2D eigenvalue weighted by molar-refractivity contribution is -0.141. The van der Waals surface area contributed by atoms with Gasteiger partial charge in [-0.25, -0.2) is 4.68 Å². The summed E-state index contributed by atoms with van der Waals surface area (Å²) >= 11 is 3.27. The standard InChI is InChI=1S/C13H18BrN3O3/c1-3-13(4-5-13)8-15-9-6-16-17(7-10(18)20-2)12(19)11(9)14/h6,15H,3-5,7-8H2,1-2H3. The first-order chi connectivity index (χ1) is 9.51. The highest BCUT2D eigenvalue weighted by atomic mass is 79.9. The number of nitrogens with zero attached hydrogens (tertiary/aromatic N) is 2. The van der Waals surface area contributed by atoms with Crippen LogP contribution in [-0.4, -0.2) is 29.4 Å². The molecular formula is C13H18BrN3O3. The van der Waals surface area contributed by atoms with E-state index in [2.05, 4.69) is 38.0 Å². The van der Waals surface area contributed by atoms with E-state index < -0.39 is 5.97 Å². The Morgan fingerprint density at radius 3 is 2.85 bits per heavy atom. The number of rotatable bonds is 6. The smallest absolute Gasteiger partial charge is 0.327 e. The Morgan fingerprint density at radius 2 is 2.30 bits per heavy atom. The number of carbonyl (C=O) groups excluding carboxylic acids is 1. The Labute approximate surface area is 125 Å². The summed E-state index contributed by atoms with van der Waals surface area (Å²) in [5.41, 5.74) is 0.693. The van der Waals surface area contributed by atoms with Gasteiger partial charge in [0.15, 0.2) is 0 Å². The maximum absolute atomic E-state index is 12.1. The van der Waals surface area contributed by atoms with Gasteiger partial charge < -0.3 is 10.1 Å². The van der Waals surface area contributed by atoms with Crippen LogP contribution in [0.2, 0.25) is 0 Å². The van der Waals surface area contributed by atoms with Crippen LogP contribution in [0.15, 0.2) is 15.5 Å². The highest BCUT2D eigenvalue weighted by molar-refractivity contribution is 9.10. The average molecular weight is 344 g/mol. The molecule has 6 nitrogen and oxygen atoms in total. The molecule has 7 heteroatoms. The van der Waals surface area contributed by atoms with E-state index in [1.807, 2.05) is 0 Å². The van der Waals surface area contributed by atoms with Crippen LogP contribution in [0.25, 0.3) is 0 Å². The molecule has 0 bridgehead atoms. The zero-order valence-corrected chi connectivity index (χ0v) is 13.2. The molecule has 110 valence electrons. The van der Waals surface area contributed by atoms with Crippen molar-refractivity contribution in [1.82, 2.24) is 9.78 Å². The largest absolute Gasteiger partial charge is 0.468 e.